The molecule has 1 fully saturated rings. The Morgan fingerprint density at radius 3 is 3.25 bits per heavy atom. The molecular formula is C11H15BrN4. The molecule has 0 saturated carbocycles. The highest BCUT2D eigenvalue weighted by atomic mass is 79.9. The Hall–Kier alpha value is -0.860. The lowest BCUT2D eigenvalue weighted by Gasteiger charge is -2.29. The maximum Gasteiger partial charge on any atom is 0.103 e. The summed E-state index contributed by atoms with van der Waals surface area (Å²) in [5.41, 5.74) is 1.65. The van der Waals surface area contributed by atoms with Gasteiger partial charge in [-0.25, -0.2) is 0 Å². The van der Waals surface area contributed by atoms with Gasteiger partial charge in [-0.2, -0.15) is 10.4 Å². The highest BCUT2D eigenvalue weighted by Gasteiger charge is 2.42. The first-order valence-corrected chi connectivity index (χ1v) is 6.55. The molecule has 2 atom stereocenters. The van der Waals surface area contributed by atoms with Crippen molar-refractivity contribution in [2.24, 2.45) is 5.92 Å². The maximum atomic E-state index is 9.06. The van der Waals surface area contributed by atoms with Crippen LogP contribution in [-0.4, -0.2) is 28.6 Å². The molecule has 2 N–H and O–H groups in total. The number of nitriles is 1. The summed E-state index contributed by atoms with van der Waals surface area (Å²) < 4.78 is 0. The smallest absolute Gasteiger partial charge is 0.103 e. The first-order valence-electron chi connectivity index (χ1n) is 5.43. The zero-order valence-electron chi connectivity index (χ0n) is 9.26. The lowest BCUT2D eigenvalue weighted by Crippen LogP contribution is -2.33. The molecule has 0 aromatic carbocycles. The lowest BCUT2D eigenvalue weighted by molar-refractivity contribution is 0.357. The third kappa shape index (κ3) is 1.76. The minimum atomic E-state index is -0.00463. The number of rotatable bonds is 3. The SMILES string of the molecule is CC1(c2[nH]ncc2C#N)CNC[C@@H]1CCBr. The van der Waals surface area contributed by atoms with Gasteiger partial charge in [0.05, 0.1) is 17.5 Å². The van der Waals surface area contributed by atoms with E-state index >= 15 is 0 Å². The monoisotopic (exact) mass is 282 g/mol. The average molecular weight is 283 g/mol. The standard InChI is InChI=1S/C11H15BrN4/c1-11(7-14-6-9(11)2-3-12)10-8(4-13)5-15-16-10/h5,9,14H,2-3,6-7H2,1H3,(H,15,16)/t9-,11?/m0/s1. The van der Waals surface area contributed by atoms with Crippen LogP contribution in [0.25, 0.3) is 0 Å². The van der Waals surface area contributed by atoms with Crippen LogP contribution in [0.15, 0.2) is 6.20 Å². The molecule has 1 saturated heterocycles. The number of halogens is 1. The van der Waals surface area contributed by atoms with E-state index in [-0.39, 0.29) is 5.41 Å². The molecule has 0 aliphatic carbocycles. The molecular weight excluding hydrogens is 268 g/mol. The molecule has 2 heterocycles. The van der Waals surface area contributed by atoms with Gasteiger partial charge in [0.1, 0.15) is 6.07 Å². The minimum Gasteiger partial charge on any atom is -0.315 e. The van der Waals surface area contributed by atoms with Gasteiger partial charge in [-0.3, -0.25) is 5.10 Å². The van der Waals surface area contributed by atoms with Crippen molar-refractivity contribution in [2.45, 2.75) is 18.8 Å². The fraction of sp³-hybridized carbons (Fsp3) is 0.636. The van der Waals surface area contributed by atoms with Crippen LogP contribution in [0.1, 0.15) is 24.6 Å². The second kappa shape index (κ2) is 4.56. The highest BCUT2D eigenvalue weighted by Crippen LogP contribution is 2.37. The van der Waals surface area contributed by atoms with Crippen molar-refractivity contribution in [1.82, 2.24) is 15.5 Å². The molecule has 1 aromatic rings. The van der Waals surface area contributed by atoms with E-state index in [0.717, 1.165) is 30.5 Å². The number of hydrogen-bond donors (Lipinski definition) is 2. The van der Waals surface area contributed by atoms with Crippen molar-refractivity contribution in [3.8, 4) is 6.07 Å². The summed E-state index contributed by atoms with van der Waals surface area (Å²) in [6, 6.07) is 2.21. The Balaban J connectivity index is 2.34. The van der Waals surface area contributed by atoms with Gasteiger partial charge in [-0.05, 0) is 18.9 Å². The highest BCUT2D eigenvalue weighted by molar-refractivity contribution is 9.09. The Labute approximate surface area is 104 Å². The normalized spacial score (nSPS) is 29.2. The van der Waals surface area contributed by atoms with E-state index in [0.29, 0.717) is 11.5 Å². The second-order valence-corrected chi connectivity index (χ2v) is 5.29. The van der Waals surface area contributed by atoms with Crippen molar-refractivity contribution >= 4 is 15.9 Å². The first-order chi connectivity index (χ1) is 7.72. The molecule has 1 aliphatic rings. The number of aromatic nitrogens is 2. The van der Waals surface area contributed by atoms with Crippen molar-refractivity contribution in [3.05, 3.63) is 17.5 Å². The van der Waals surface area contributed by atoms with Gasteiger partial charge in [0.15, 0.2) is 0 Å². The molecule has 5 heteroatoms. The van der Waals surface area contributed by atoms with E-state index in [1.165, 1.54) is 0 Å². The van der Waals surface area contributed by atoms with Crippen LogP contribution in [0.4, 0.5) is 0 Å². The van der Waals surface area contributed by atoms with Crippen LogP contribution in [0, 0.1) is 17.2 Å². The molecule has 0 radical (unpaired) electrons. The van der Waals surface area contributed by atoms with Gasteiger partial charge in [-0.15, -0.1) is 0 Å². The first kappa shape index (κ1) is 11.6. The molecule has 0 bridgehead atoms. The Morgan fingerprint density at radius 2 is 2.56 bits per heavy atom. The summed E-state index contributed by atoms with van der Waals surface area (Å²) in [6.45, 7) is 4.11. The lowest BCUT2D eigenvalue weighted by atomic mass is 9.75. The van der Waals surface area contributed by atoms with Gasteiger partial charge in [0.25, 0.3) is 0 Å². The molecule has 16 heavy (non-hydrogen) atoms. The summed E-state index contributed by atoms with van der Waals surface area (Å²) >= 11 is 3.49. The quantitative estimate of drug-likeness (QED) is 0.827. The van der Waals surface area contributed by atoms with Gasteiger partial charge >= 0.3 is 0 Å². The summed E-state index contributed by atoms with van der Waals surface area (Å²) in [5.74, 6) is 0.541. The number of alkyl halides is 1. The predicted molar refractivity (Wildman–Crippen MR) is 65.4 cm³/mol. The maximum absolute atomic E-state index is 9.06. The summed E-state index contributed by atoms with van der Waals surface area (Å²) in [5, 5.41) is 20.4. The average Bonchev–Trinajstić information content (AvgIpc) is 2.87. The summed E-state index contributed by atoms with van der Waals surface area (Å²) in [6.07, 6.45) is 2.72. The Kier molecular flexibility index (Phi) is 3.31. The number of hydrogen-bond acceptors (Lipinski definition) is 3. The van der Waals surface area contributed by atoms with E-state index < -0.39 is 0 Å². The predicted octanol–water partition coefficient (Wildman–Crippen LogP) is 1.54. The van der Waals surface area contributed by atoms with Crippen molar-refractivity contribution in [3.63, 3.8) is 0 Å². The van der Waals surface area contributed by atoms with Crippen LogP contribution in [0.2, 0.25) is 0 Å². The van der Waals surface area contributed by atoms with Crippen molar-refractivity contribution in [2.75, 3.05) is 18.4 Å². The van der Waals surface area contributed by atoms with E-state index in [1.54, 1.807) is 6.20 Å². The molecule has 4 nitrogen and oxygen atoms in total. The summed E-state index contributed by atoms with van der Waals surface area (Å²) in [7, 11) is 0. The third-order valence-electron chi connectivity index (χ3n) is 3.57. The second-order valence-electron chi connectivity index (χ2n) is 4.49. The van der Waals surface area contributed by atoms with Gasteiger partial charge < -0.3 is 5.32 Å². The van der Waals surface area contributed by atoms with E-state index in [2.05, 4.69) is 44.4 Å². The van der Waals surface area contributed by atoms with Crippen LogP contribution in [-0.2, 0) is 5.41 Å². The Morgan fingerprint density at radius 1 is 1.75 bits per heavy atom. The number of aromatic amines is 1. The van der Waals surface area contributed by atoms with E-state index in [9.17, 15) is 0 Å². The largest absolute Gasteiger partial charge is 0.315 e. The van der Waals surface area contributed by atoms with Gasteiger partial charge in [0.2, 0.25) is 0 Å². The molecule has 1 aromatic heterocycles. The molecule has 0 spiro atoms. The van der Waals surface area contributed by atoms with Crippen molar-refractivity contribution in [1.29, 1.82) is 5.26 Å². The topological polar surface area (TPSA) is 64.5 Å². The van der Waals surface area contributed by atoms with Gasteiger partial charge in [0, 0.05) is 17.3 Å². The molecule has 2 rings (SSSR count). The van der Waals surface area contributed by atoms with Crippen molar-refractivity contribution < 1.29 is 0 Å². The minimum absolute atomic E-state index is 0.00463. The fourth-order valence-electron chi connectivity index (χ4n) is 2.53. The van der Waals surface area contributed by atoms with Crippen LogP contribution in [0.5, 0.6) is 0 Å². The number of nitrogens with zero attached hydrogens (tertiary/aromatic N) is 2. The van der Waals surface area contributed by atoms with Crippen LogP contribution < -0.4 is 5.32 Å². The molecule has 86 valence electrons. The van der Waals surface area contributed by atoms with E-state index in [1.807, 2.05) is 0 Å². The fourth-order valence-corrected chi connectivity index (χ4v) is 3.08. The van der Waals surface area contributed by atoms with E-state index in [4.69, 9.17) is 5.26 Å². The van der Waals surface area contributed by atoms with Gasteiger partial charge in [-0.1, -0.05) is 22.9 Å². The zero-order valence-corrected chi connectivity index (χ0v) is 10.8. The van der Waals surface area contributed by atoms with Crippen LogP contribution in [0.3, 0.4) is 0 Å². The summed E-state index contributed by atoms with van der Waals surface area (Å²) in [4.78, 5) is 0. The number of nitrogens with one attached hydrogen (secondary N) is 2. The molecule has 1 unspecified atom stereocenters. The van der Waals surface area contributed by atoms with Crippen LogP contribution >= 0.6 is 15.9 Å². The number of H-pyrrole nitrogens is 1. The third-order valence-corrected chi connectivity index (χ3v) is 4.03. The molecule has 0 amide bonds. The zero-order chi connectivity index (χ0) is 11.6. The Bertz CT molecular complexity index is 408. The molecule has 1 aliphatic heterocycles.